The fourth-order valence-corrected chi connectivity index (χ4v) is 2.63. The van der Waals surface area contributed by atoms with E-state index in [1.54, 1.807) is 6.07 Å². The lowest BCUT2D eigenvalue weighted by molar-refractivity contribution is -0.132. The zero-order valence-electron chi connectivity index (χ0n) is 12.6. The van der Waals surface area contributed by atoms with Gasteiger partial charge in [-0.15, -0.1) is 0 Å². The van der Waals surface area contributed by atoms with Gasteiger partial charge in [0.1, 0.15) is 23.5 Å². The quantitative estimate of drug-likeness (QED) is 0.837. The number of imide groups is 1. The maximum absolute atomic E-state index is 13.7. The van der Waals surface area contributed by atoms with Crippen molar-refractivity contribution < 1.29 is 27.9 Å². The lowest BCUT2D eigenvalue weighted by Crippen LogP contribution is -2.41. The largest absolute Gasteiger partial charge is 0.466 e. The zero-order chi connectivity index (χ0) is 17.5. The third kappa shape index (κ3) is 2.54. The number of carbonyl (C=O) groups excluding carboxylic acids is 2. The zero-order valence-corrected chi connectivity index (χ0v) is 12.6. The van der Waals surface area contributed by atoms with Gasteiger partial charge in [-0.05, 0) is 37.3 Å². The molecule has 3 amide bonds. The maximum atomic E-state index is 13.7. The van der Waals surface area contributed by atoms with Crippen molar-refractivity contribution in [2.24, 2.45) is 0 Å². The minimum absolute atomic E-state index is 0.231. The Kier molecular flexibility index (Phi) is 3.84. The smallest absolute Gasteiger partial charge is 0.325 e. The Labute approximate surface area is 135 Å². The van der Waals surface area contributed by atoms with Crippen molar-refractivity contribution in [1.29, 1.82) is 0 Å². The summed E-state index contributed by atoms with van der Waals surface area (Å²) in [5, 5.41) is 12.6. The van der Waals surface area contributed by atoms with E-state index in [0.717, 1.165) is 23.1 Å². The number of amides is 3. The number of carbonyl (C=O) groups is 2. The highest BCUT2D eigenvalue weighted by Crippen LogP contribution is 2.30. The number of halogens is 2. The Hall–Kier alpha value is -2.74. The molecule has 2 heterocycles. The highest BCUT2D eigenvalue weighted by Gasteiger charge is 2.51. The van der Waals surface area contributed by atoms with Gasteiger partial charge in [-0.2, -0.15) is 0 Å². The first kappa shape index (κ1) is 16.1. The number of β-amino-alcohol motifs (C(OH)–C–C–N with tert-alkyl or cyclic N) is 1. The van der Waals surface area contributed by atoms with E-state index in [1.165, 1.54) is 19.3 Å². The van der Waals surface area contributed by atoms with Crippen molar-refractivity contribution in [3.63, 3.8) is 0 Å². The molecule has 2 N–H and O–H groups in total. The first-order chi connectivity index (χ1) is 11.3. The number of urea groups is 1. The predicted molar refractivity (Wildman–Crippen MR) is 77.6 cm³/mol. The van der Waals surface area contributed by atoms with Crippen LogP contribution in [0, 0.1) is 11.6 Å². The Morgan fingerprint density at radius 2 is 2.08 bits per heavy atom. The lowest BCUT2D eigenvalue weighted by Gasteiger charge is -2.21. The van der Waals surface area contributed by atoms with Gasteiger partial charge in [-0.3, -0.25) is 9.69 Å². The van der Waals surface area contributed by atoms with Crippen molar-refractivity contribution in [2.45, 2.75) is 18.6 Å². The van der Waals surface area contributed by atoms with Crippen LogP contribution in [0.3, 0.4) is 0 Å². The van der Waals surface area contributed by atoms with E-state index in [-0.39, 0.29) is 11.3 Å². The Morgan fingerprint density at radius 3 is 2.75 bits per heavy atom. The molecule has 0 spiro atoms. The fourth-order valence-electron chi connectivity index (χ4n) is 2.63. The molecule has 1 aromatic carbocycles. The van der Waals surface area contributed by atoms with E-state index in [1.807, 2.05) is 0 Å². The third-order valence-electron chi connectivity index (χ3n) is 3.96. The summed E-state index contributed by atoms with van der Waals surface area (Å²) < 4.78 is 32.1. The minimum atomic E-state index is -1.56. The molecular weight excluding hydrogens is 322 g/mol. The van der Waals surface area contributed by atoms with Crippen molar-refractivity contribution in [1.82, 2.24) is 10.2 Å². The van der Waals surface area contributed by atoms with E-state index in [9.17, 15) is 23.5 Å². The van der Waals surface area contributed by atoms with Gasteiger partial charge in [-0.25, -0.2) is 13.6 Å². The Morgan fingerprint density at radius 1 is 1.33 bits per heavy atom. The molecule has 1 aromatic heterocycles. The molecule has 1 aliphatic heterocycles. The molecule has 1 saturated heterocycles. The standard InChI is InChI=1S/C16H14F2N2O4/c1-16(13-3-2-6-24-13)14(22)20(15(23)19-16)8-12(21)10-7-9(17)4-5-11(10)18/h2-7,12,21H,8H2,1H3,(H,19,23)/t12-,16-/m1/s1. The monoisotopic (exact) mass is 336 g/mol. The molecule has 1 fully saturated rings. The number of hydrogen-bond acceptors (Lipinski definition) is 4. The second kappa shape index (κ2) is 5.72. The van der Waals surface area contributed by atoms with Gasteiger partial charge in [0.2, 0.25) is 0 Å². The maximum Gasteiger partial charge on any atom is 0.325 e. The molecule has 0 unspecified atom stereocenters. The van der Waals surface area contributed by atoms with E-state index >= 15 is 0 Å². The molecule has 8 heteroatoms. The van der Waals surface area contributed by atoms with Gasteiger partial charge in [0.15, 0.2) is 5.54 Å². The molecule has 6 nitrogen and oxygen atoms in total. The molecule has 24 heavy (non-hydrogen) atoms. The van der Waals surface area contributed by atoms with E-state index in [2.05, 4.69) is 5.32 Å². The van der Waals surface area contributed by atoms with Crippen molar-refractivity contribution in [3.05, 3.63) is 59.6 Å². The van der Waals surface area contributed by atoms with Crippen molar-refractivity contribution in [3.8, 4) is 0 Å². The van der Waals surface area contributed by atoms with Crippen LogP contribution in [0.2, 0.25) is 0 Å². The van der Waals surface area contributed by atoms with Gasteiger partial charge in [0.05, 0.1) is 12.8 Å². The second-order valence-electron chi connectivity index (χ2n) is 5.63. The SMILES string of the molecule is C[C@]1(c2ccco2)NC(=O)N(C[C@@H](O)c2cc(F)ccc2F)C1=O. The Balaban J connectivity index is 1.84. The first-order valence-corrected chi connectivity index (χ1v) is 7.14. The Bertz CT molecular complexity index is 793. The molecular formula is C16H14F2N2O4. The van der Waals surface area contributed by atoms with Gasteiger partial charge in [0.25, 0.3) is 5.91 Å². The lowest BCUT2D eigenvalue weighted by atomic mass is 9.99. The molecule has 126 valence electrons. The van der Waals surface area contributed by atoms with Gasteiger partial charge in [-0.1, -0.05) is 0 Å². The van der Waals surface area contributed by atoms with Crippen LogP contribution in [0.4, 0.5) is 13.6 Å². The summed E-state index contributed by atoms with van der Waals surface area (Å²) in [5.41, 5.74) is -1.75. The molecule has 0 saturated carbocycles. The fraction of sp³-hybridized carbons (Fsp3) is 0.250. The van der Waals surface area contributed by atoms with Gasteiger partial charge < -0.3 is 14.8 Å². The number of hydrogen-bond donors (Lipinski definition) is 2. The van der Waals surface area contributed by atoms with Crippen molar-refractivity contribution in [2.75, 3.05) is 6.54 Å². The average Bonchev–Trinajstić information content (AvgIpc) is 3.14. The van der Waals surface area contributed by atoms with Gasteiger partial charge >= 0.3 is 6.03 Å². The first-order valence-electron chi connectivity index (χ1n) is 7.14. The number of aliphatic hydroxyl groups is 1. The van der Waals surface area contributed by atoms with Crippen LogP contribution in [-0.2, 0) is 10.3 Å². The van der Waals surface area contributed by atoms with E-state index in [4.69, 9.17) is 4.42 Å². The van der Waals surface area contributed by atoms with E-state index in [0.29, 0.717) is 0 Å². The number of benzene rings is 1. The third-order valence-corrected chi connectivity index (χ3v) is 3.96. The summed E-state index contributed by atoms with van der Waals surface area (Å²) in [4.78, 5) is 25.4. The van der Waals surface area contributed by atoms with Crippen LogP contribution in [-0.4, -0.2) is 28.5 Å². The van der Waals surface area contributed by atoms with Crippen LogP contribution in [0.5, 0.6) is 0 Å². The summed E-state index contributed by atoms with van der Waals surface area (Å²) in [6.07, 6.45) is -0.200. The molecule has 0 radical (unpaired) electrons. The highest BCUT2D eigenvalue weighted by atomic mass is 19.1. The summed E-state index contributed by atoms with van der Waals surface area (Å²) >= 11 is 0. The molecule has 3 rings (SSSR count). The van der Waals surface area contributed by atoms with Crippen LogP contribution in [0.25, 0.3) is 0 Å². The normalized spacial score (nSPS) is 21.9. The summed E-state index contributed by atoms with van der Waals surface area (Å²) in [7, 11) is 0. The molecule has 0 aliphatic carbocycles. The molecule has 1 aliphatic rings. The van der Waals surface area contributed by atoms with Crippen molar-refractivity contribution >= 4 is 11.9 Å². The van der Waals surface area contributed by atoms with E-state index < -0.39 is 41.8 Å². The molecule has 2 atom stereocenters. The summed E-state index contributed by atoms with van der Waals surface area (Å²) in [6, 6.07) is 4.95. The van der Waals surface area contributed by atoms with Crippen LogP contribution < -0.4 is 5.32 Å². The molecule has 2 aromatic rings. The van der Waals surface area contributed by atoms with Crippen LogP contribution in [0.1, 0.15) is 24.4 Å². The summed E-state index contributed by atoms with van der Waals surface area (Å²) in [5.74, 6) is -1.99. The predicted octanol–water partition coefficient (Wildman–Crippen LogP) is 2.06. The number of furan rings is 1. The van der Waals surface area contributed by atoms with Crippen LogP contribution in [0.15, 0.2) is 41.0 Å². The molecule has 0 bridgehead atoms. The minimum Gasteiger partial charge on any atom is -0.466 e. The second-order valence-corrected chi connectivity index (χ2v) is 5.63. The van der Waals surface area contributed by atoms with Crippen LogP contribution >= 0.6 is 0 Å². The summed E-state index contributed by atoms with van der Waals surface area (Å²) in [6.45, 7) is 0.947. The topological polar surface area (TPSA) is 82.8 Å². The number of nitrogens with zero attached hydrogens (tertiary/aromatic N) is 1. The van der Waals surface area contributed by atoms with Gasteiger partial charge in [0, 0.05) is 5.56 Å². The number of rotatable bonds is 4. The number of nitrogens with one attached hydrogen (secondary N) is 1. The average molecular weight is 336 g/mol. The highest BCUT2D eigenvalue weighted by molar-refractivity contribution is 6.06. The number of aliphatic hydroxyl groups excluding tert-OH is 1.